The summed E-state index contributed by atoms with van der Waals surface area (Å²) in [6.07, 6.45) is 2.11. The van der Waals surface area contributed by atoms with Gasteiger partial charge in [-0.3, -0.25) is 4.72 Å². The summed E-state index contributed by atoms with van der Waals surface area (Å²) >= 11 is 0. The van der Waals surface area contributed by atoms with Crippen molar-refractivity contribution in [1.29, 1.82) is 0 Å². The van der Waals surface area contributed by atoms with Crippen LogP contribution in [-0.4, -0.2) is 21.5 Å². The van der Waals surface area contributed by atoms with Crippen LogP contribution in [0.15, 0.2) is 35.2 Å². The highest BCUT2D eigenvalue weighted by Gasteiger charge is 2.23. The van der Waals surface area contributed by atoms with Crippen molar-refractivity contribution in [2.45, 2.75) is 38.5 Å². The molecule has 3 rings (SSSR count). The number of nitrogens with zero attached hydrogens (tertiary/aromatic N) is 1. The van der Waals surface area contributed by atoms with Crippen LogP contribution in [0.1, 0.15) is 29.5 Å². The average Bonchev–Trinajstić information content (AvgIpc) is 2.99. The van der Waals surface area contributed by atoms with Crippen LogP contribution in [0.5, 0.6) is 0 Å². The Morgan fingerprint density at radius 1 is 1.00 bits per heavy atom. The molecule has 0 aliphatic carbocycles. The third-order valence-electron chi connectivity index (χ3n) is 4.52. The number of hydrogen-bond donors (Lipinski definition) is 1. The van der Waals surface area contributed by atoms with Gasteiger partial charge in [0.2, 0.25) is 0 Å². The molecule has 0 unspecified atom stereocenters. The number of aryl methyl sites for hydroxylation is 3. The molecule has 25 heavy (non-hydrogen) atoms. The van der Waals surface area contributed by atoms with E-state index in [-0.39, 0.29) is 4.90 Å². The van der Waals surface area contributed by atoms with Crippen LogP contribution in [-0.2, 0) is 10.0 Å². The van der Waals surface area contributed by atoms with Crippen LogP contribution in [0.4, 0.5) is 15.8 Å². The van der Waals surface area contributed by atoms with Gasteiger partial charge < -0.3 is 4.90 Å². The molecular weight excluding hydrogens is 339 g/mol. The normalized spacial score (nSPS) is 14.8. The van der Waals surface area contributed by atoms with Crippen molar-refractivity contribution in [3.63, 3.8) is 0 Å². The molecule has 2 aromatic carbocycles. The number of rotatable bonds is 4. The minimum atomic E-state index is -3.80. The van der Waals surface area contributed by atoms with Crippen molar-refractivity contribution < 1.29 is 12.8 Å². The number of anilines is 2. The van der Waals surface area contributed by atoms with Gasteiger partial charge in [-0.1, -0.05) is 17.7 Å². The molecule has 1 aliphatic heterocycles. The minimum absolute atomic E-state index is 0.259. The van der Waals surface area contributed by atoms with Crippen LogP contribution in [0.3, 0.4) is 0 Å². The van der Waals surface area contributed by atoms with Gasteiger partial charge in [-0.15, -0.1) is 0 Å². The van der Waals surface area contributed by atoms with Gasteiger partial charge in [0.25, 0.3) is 10.0 Å². The smallest absolute Gasteiger partial charge is 0.262 e. The fourth-order valence-electron chi connectivity index (χ4n) is 3.61. The summed E-state index contributed by atoms with van der Waals surface area (Å²) in [6, 6.07) is 7.95. The highest BCUT2D eigenvalue weighted by atomic mass is 32.2. The van der Waals surface area contributed by atoms with Gasteiger partial charge in [0.1, 0.15) is 5.82 Å². The first kappa shape index (κ1) is 17.7. The standard InChI is InChI=1S/C19H23FN2O2S/c1-13-10-14(2)19(15(3)11-13)25(23,24)21-17-12-16(20)6-7-18(17)22-8-4-5-9-22/h6-7,10-12,21H,4-5,8-9H2,1-3H3. The molecule has 1 aliphatic rings. The largest absolute Gasteiger partial charge is 0.370 e. The number of benzene rings is 2. The molecule has 0 bridgehead atoms. The zero-order valence-electron chi connectivity index (χ0n) is 14.8. The predicted octanol–water partition coefficient (Wildman–Crippen LogP) is 4.15. The molecule has 1 fully saturated rings. The molecule has 0 saturated carbocycles. The van der Waals surface area contributed by atoms with Gasteiger partial charge in [-0.25, -0.2) is 12.8 Å². The molecular formula is C19H23FN2O2S. The second-order valence-corrected chi connectivity index (χ2v) is 8.31. The maximum Gasteiger partial charge on any atom is 0.262 e. The summed E-state index contributed by atoms with van der Waals surface area (Å²) in [5.74, 6) is -0.460. The van der Waals surface area contributed by atoms with Gasteiger partial charge in [0.15, 0.2) is 0 Å². The summed E-state index contributed by atoms with van der Waals surface area (Å²) in [7, 11) is -3.80. The van der Waals surface area contributed by atoms with E-state index in [0.29, 0.717) is 16.8 Å². The minimum Gasteiger partial charge on any atom is -0.370 e. The van der Waals surface area contributed by atoms with Crippen LogP contribution in [0.2, 0.25) is 0 Å². The Hall–Kier alpha value is -2.08. The Bertz CT molecular complexity index is 881. The molecule has 0 radical (unpaired) electrons. The fraction of sp³-hybridized carbons (Fsp3) is 0.368. The number of hydrogen-bond acceptors (Lipinski definition) is 3. The topological polar surface area (TPSA) is 49.4 Å². The molecule has 2 aromatic rings. The van der Waals surface area contributed by atoms with E-state index in [9.17, 15) is 12.8 Å². The Kier molecular flexibility index (Phi) is 4.73. The summed E-state index contributed by atoms with van der Waals surface area (Å²) in [5, 5.41) is 0. The molecule has 0 aromatic heterocycles. The summed E-state index contributed by atoms with van der Waals surface area (Å²) in [6.45, 7) is 7.19. The molecule has 4 nitrogen and oxygen atoms in total. The summed E-state index contributed by atoms with van der Waals surface area (Å²) in [5.41, 5.74) is 3.40. The Morgan fingerprint density at radius 3 is 2.20 bits per heavy atom. The second kappa shape index (κ2) is 6.67. The molecule has 1 saturated heterocycles. The van der Waals surface area contributed by atoms with Gasteiger partial charge >= 0.3 is 0 Å². The van der Waals surface area contributed by atoms with Gasteiger partial charge in [-0.05, 0) is 56.9 Å². The molecule has 1 heterocycles. The third kappa shape index (κ3) is 3.63. The van der Waals surface area contributed by atoms with Crippen molar-refractivity contribution in [3.8, 4) is 0 Å². The van der Waals surface area contributed by atoms with Crippen LogP contribution >= 0.6 is 0 Å². The molecule has 0 spiro atoms. The zero-order chi connectivity index (χ0) is 18.2. The number of nitrogens with one attached hydrogen (secondary N) is 1. The van der Waals surface area contributed by atoms with E-state index >= 15 is 0 Å². The third-order valence-corrected chi connectivity index (χ3v) is 6.19. The Morgan fingerprint density at radius 2 is 1.60 bits per heavy atom. The molecule has 0 amide bonds. The highest BCUT2D eigenvalue weighted by molar-refractivity contribution is 7.92. The highest BCUT2D eigenvalue weighted by Crippen LogP contribution is 2.32. The Balaban J connectivity index is 2.03. The molecule has 0 atom stereocenters. The van der Waals surface area contributed by atoms with E-state index in [1.807, 2.05) is 19.1 Å². The maximum absolute atomic E-state index is 13.8. The SMILES string of the molecule is Cc1cc(C)c(S(=O)(=O)Nc2cc(F)ccc2N2CCCC2)c(C)c1. The van der Waals surface area contributed by atoms with Crippen LogP contribution in [0.25, 0.3) is 0 Å². The van der Waals surface area contributed by atoms with Crippen molar-refractivity contribution in [1.82, 2.24) is 0 Å². The van der Waals surface area contributed by atoms with Crippen molar-refractivity contribution >= 4 is 21.4 Å². The van der Waals surface area contributed by atoms with Gasteiger partial charge in [0, 0.05) is 19.2 Å². The maximum atomic E-state index is 13.8. The summed E-state index contributed by atoms with van der Waals surface area (Å²) < 4.78 is 42.3. The summed E-state index contributed by atoms with van der Waals surface area (Å²) in [4.78, 5) is 2.35. The second-order valence-electron chi connectivity index (χ2n) is 6.69. The monoisotopic (exact) mass is 362 g/mol. The van der Waals surface area contributed by atoms with E-state index in [2.05, 4.69) is 9.62 Å². The van der Waals surface area contributed by atoms with Gasteiger partial charge in [-0.2, -0.15) is 0 Å². The van der Waals surface area contributed by atoms with Crippen molar-refractivity contribution in [2.24, 2.45) is 0 Å². The van der Waals surface area contributed by atoms with E-state index < -0.39 is 15.8 Å². The first-order chi connectivity index (χ1) is 11.8. The average molecular weight is 362 g/mol. The number of sulfonamides is 1. The lowest BCUT2D eigenvalue weighted by molar-refractivity contribution is 0.600. The van der Waals surface area contributed by atoms with E-state index in [0.717, 1.165) is 37.2 Å². The predicted molar refractivity (Wildman–Crippen MR) is 99.3 cm³/mol. The molecule has 6 heteroatoms. The lowest BCUT2D eigenvalue weighted by atomic mass is 10.1. The van der Waals surface area contributed by atoms with E-state index in [1.54, 1.807) is 19.9 Å². The zero-order valence-corrected chi connectivity index (χ0v) is 15.6. The quantitative estimate of drug-likeness (QED) is 0.889. The lowest BCUT2D eigenvalue weighted by Crippen LogP contribution is -2.22. The van der Waals surface area contributed by atoms with Crippen LogP contribution < -0.4 is 9.62 Å². The van der Waals surface area contributed by atoms with Gasteiger partial charge in [0.05, 0.1) is 16.3 Å². The van der Waals surface area contributed by atoms with E-state index in [1.165, 1.54) is 12.1 Å². The van der Waals surface area contributed by atoms with E-state index in [4.69, 9.17) is 0 Å². The Labute approximate surface area is 148 Å². The van der Waals surface area contributed by atoms with Crippen LogP contribution in [0, 0.1) is 26.6 Å². The first-order valence-corrected chi connectivity index (χ1v) is 9.91. The first-order valence-electron chi connectivity index (χ1n) is 8.43. The van der Waals surface area contributed by atoms with Crippen molar-refractivity contribution in [3.05, 3.63) is 52.8 Å². The molecule has 134 valence electrons. The van der Waals surface area contributed by atoms with Crippen molar-refractivity contribution in [2.75, 3.05) is 22.7 Å². The number of halogens is 1. The molecule has 1 N–H and O–H groups in total. The lowest BCUT2D eigenvalue weighted by Gasteiger charge is -2.22. The fourth-order valence-corrected chi connectivity index (χ4v) is 5.13.